The van der Waals surface area contributed by atoms with E-state index < -0.39 is 11.6 Å². The Kier molecular flexibility index (Phi) is 5.80. The molecule has 1 aromatic carbocycles. The molecule has 4 fully saturated rings. The van der Waals surface area contributed by atoms with E-state index in [-0.39, 0.29) is 29.0 Å². The van der Waals surface area contributed by atoms with E-state index >= 15 is 0 Å². The molecule has 2 bridgehead atoms. The number of quaternary nitrogens is 1. The van der Waals surface area contributed by atoms with Crippen molar-refractivity contribution in [2.75, 3.05) is 26.7 Å². The molecule has 0 aromatic heterocycles. The van der Waals surface area contributed by atoms with Crippen LogP contribution < -0.4 is 17.0 Å². The van der Waals surface area contributed by atoms with Gasteiger partial charge >= 0.3 is 5.97 Å². The molecule has 0 amide bonds. The average Bonchev–Trinajstić information content (AvgIpc) is 3.17. The normalized spacial score (nSPS) is 33.3. The SMILES string of the molecule is C[N+]12CCC(CC1)C(OC(=O)C(O)(c1ccccc1)C1CCCC1)C2.[Br-]. The highest BCUT2D eigenvalue weighted by Crippen LogP contribution is 2.43. The number of carbonyl (C=O) groups is 1. The molecule has 3 aliphatic heterocycles. The largest absolute Gasteiger partial charge is 1.00 e. The van der Waals surface area contributed by atoms with Gasteiger partial charge in [0.1, 0.15) is 6.54 Å². The lowest BCUT2D eigenvalue weighted by Crippen LogP contribution is -3.00. The number of esters is 1. The summed E-state index contributed by atoms with van der Waals surface area (Å²) in [6.45, 7) is 3.26. The Hall–Kier alpha value is -0.910. The molecule has 26 heavy (non-hydrogen) atoms. The number of rotatable bonds is 4. The zero-order valence-corrected chi connectivity index (χ0v) is 17.2. The van der Waals surface area contributed by atoms with Crippen LogP contribution in [-0.4, -0.2) is 48.3 Å². The molecular formula is C21H30BrNO3. The van der Waals surface area contributed by atoms with Crippen LogP contribution in [0.1, 0.15) is 44.1 Å². The minimum absolute atomic E-state index is 0. The maximum Gasteiger partial charge on any atom is 0.343 e. The summed E-state index contributed by atoms with van der Waals surface area (Å²) in [5.74, 6) is 0.0108. The fraction of sp³-hybridized carbons (Fsp3) is 0.667. The standard InChI is InChI=1S/C21H30NO3.BrH/c1-22-13-11-16(12-14-22)19(15-22)25-20(23)21(24,18-9-5-6-10-18)17-7-3-2-4-8-17;/h2-4,7-8,16,18-19,24H,5-6,9-15H2,1H3;1H/q+1;/p-1. The summed E-state index contributed by atoms with van der Waals surface area (Å²) >= 11 is 0. The number of aliphatic hydroxyl groups is 1. The summed E-state index contributed by atoms with van der Waals surface area (Å²) in [4.78, 5) is 13.2. The molecule has 4 aliphatic rings. The average molecular weight is 424 g/mol. The Balaban J connectivity index is 0.00000196. The highest BCUT2D eigenvalue weighted by molar-refractivity contribution is 5.81. The summed E-state index contributed by atoms with van der Waals surface area (Å²) in [5, 5.41) is 11.5. The van der Waals surface area contributed by atoms with Crippen LogP contribution >= 0.6 is 0 Å². The van der Waals surface area contributed by atoms with Crippen molar-refractivity contribution in [1.82, 2.24) is 0 Å². The molecule has 0 radical (unpaired) electrons. The summed E-state index contributed by atoms with van der Waals surface area (Å²) in [7, 11) is 2.26. The van der Waals surface area contributed by atoms with Gasteiger partial charge in [-0.2, -0.15) is 0 Å². The Bertz CT molecular complexity index is 623. The summed E-state index contributed by atoms with van der Waals surface area (Å²) < 4.78 is 7.02. The van der Waals surface area contributed by atoms with Gasteiger partial charge in [-0.25, -0.2) is 4.79 Å². The molecule has 144 valence electrons. The van der Waals surface area contributed by atoms with E-state index in [1.54, 1.807) is 0 Å². The number of piperidine rings is 3. The van der Waals surface area contributed by atoms with Crippen LogP contribution in [0.3, 0.4) is 0 Å². The number of nitrogens with zero attached hydrogens (tertiary/aromatic N) is 1. The minimum Gasteiger partial charge on any atom is -1.00 e. The molecule has 5 heteroatoms. The van der Waals surface area contributed by atoms with Crippen LogP contribution in [0.25, 0.3) is 0 Å². The molecule has 1 aromatic rings. The third-order valence-electron chi connectivity index (χ3n) is 6.96. The van der Waals surface area contributed by atoms with Gasteiger partial charge < -0.3 is 31.3 Å². The van der Waals surface area contributed by atoms with Crippen molar-refractivity contribution >= 4 is 5.97 Å². The third-order valence-corrected chi connectivity index (χ3v) is 6.96. The number of likely N-dealkylation sites (N-methyl/N-ethyl adjacent to an activating group) is 1. The first-order chi connectivity index (χ1) is 12.0. The fourth-order valence-corrected chi connectivity index (χ4v) is 5.27. The maximum absolute atomic E-state index is 13.2. The van der Waals surface area contributed by atoms with Crippen molar-refractivity contribution in [3.63, 3.8) is 0 Å². The van der Waals surface area contributed by atoms with Gasteiger partial charge in [0.2, 0.25) is 0 Å². The monoisotopic (exact) mass is 423 g/mol. The van der Waals surface area contributed by atoms with Crippen LogP contribution in [0.4, 0.5) is 0 Å². The van der Waals surface area contributed by atoms with Crippen molar-refractivity contribution < 1.29 is 36.1 Å². The molecule has 2 unspecified atom stereocenters. The second-order valence-electron chi connectivity index (χ2n) is 8.64. The smallest absolute Gasteiger partial charge is 0.343 e. The number of hydrogen-bond acceptors (Lipinski definition) is 3. The summed E-state index contributed by atoms with van der Waals surface area (Å²) in [6.07, 6.45) is 6.15. The Morgan fingerprint density at radius 2 is 1.73 bits per heavy atom. The van der Waals surface area contributed by atoms with E-state index in [0.717, 1.165) is 49.6 Å². The van der Waals surface area contributed by atoms with Gasteiger partial charge in [0.15, 0.2) is 11.7 Å². The molecule has 1 saturated carbocycles. The number of hydrogen-bond donors (Lipinski definition) is 1. The quantitative estimate of drug-likeness (QED) is 0.541. The topological polar surface area (TPSA) is 46.5 Å². The Morgan fingerprint density at radius 3 is 2.31 bits per heavy atom. The fourth-order valence-electron chi connectivity index (χ4n) is 5.27. The van der Waals surface area contributed by atoms with Gasteiger partial charge in [-0.3, -0.25) is 0 Å². The first kappa shape index (κ1) is 19.8. The van der Waals surface area contributed by atoms with Gasteiger partial charge in [-0.1, -0.05) is 43.2 Å². The van der Waals surface area contributed by atoms with Gasteiger partial charge in [0.05, 0.1) is 20.1 Å². The third kappa shape index (κ3) is 3.46. The van der Waals surface area contributed by atoms with E-state index in [4.69, 9.17) is 4.74 Å². The molecule has 3 saturated heterocycles. The molecule has 2 atom stereocenters. The van der Waals surface area contributed by atoms with Crippen molar-refractivity contribution in [2.24, 2.45) is 11.8 Å². The van der Waals surface area contributed by atoms with Crippen LogP contribution in [0.15, 0.2) is 30.3 Å². The zero-order valence-electron chi connectivity index (χ0n) is 15.6. The van der Waals surface area contributed by atoms with Crippen molar-refractivity contribution in [3.05, 3.63) is 35.9 Å². The lowest BCUT2D eigenvalue weighted by atomic mass is 9.79. The molecule has 1 aliphatic carbocycles. The van der Waals surface area contributed by atoms with Gasteiger partial charge in [-0.15, -0.1) is 0 Å². The van der Waals surface area contributed by atoms with Crippen molar-refractivity contribution in [3.8, 4) is 0 Å². The predicted octanol–water partition coefficient (Wildman–Crippen LogP) is -0.150. The zero-order chi connectivity index (χ0) is 17.5. The second kappa shape index (κ2) is 7.61. The summed E-state index contributed by atoms with van der Waals surface area (Å²) in [6, 6.07) is 9.43. The number of halogens is 1. The first-order valence-electron chi connectivity index (χ1n) is 9.84. The molecule has 0 spiro atoms. The number of carbonyl (C=O) groups excluding carboxylic acids is 1. The van der Waals surface area contributed by atoms with E-state index in [1.165, 1.54) is 13.1 Å². The van der Waals surface area contributed by atoms with Crippen LogP contribution in [0.2, 0.25) is 0 Å². The lowest BCUT2D eigenvalue weighted by Gasteiger charge is -2.50. The highest BCUT2D eigenvalue weighted by atomic mass is 79.9. The van der Waals surface area contributed by atoms with Crippen molar-refractivity contribution in [1.29, 1.82) is 0 Å². The summed E-state index contributed by atoms with van der Waals surface area (Å²) in [5.41, 5.74) is -0.809. The van der Waals surface area contributed by atoms with E-state index in [9.17, 15) is 9.90 Å². The lowest BCUT2D eigenvalue weighted by molar-refractivity contribution is -0.928. The van der Waals surface area contributed by atoms with Gasteiger partial charge in [-0.05, 0) is 18.4 Å². The number of fused-ring (bicyclic) bond motifs is 3. The van der Waals surface area contributed by atoms with E-state index in [0.29, 0.717) is 11.5 Å². The van der Waals surface area contributed by atoms with E-state index in [2.05, 4.69) is 7.05 Å². The van der Waals surface area contributed by atoms with E-state index in [1.807, 2.05) is 30.3 Å². The van der Waals surface area contributed by atoms with Gasteiger partial charge in [0, 0.05) is 24.7 Å². The molecule has 5 rings (SSSR count). The molecule has 4 nitrogen and oxygen atoms in total. The number of benzene rings is 1. The van der Waals surface area contributed by atoms with Crippen LogP contribution in [-0.2, 0) is 15.1 Å². The molecule has 1 N–H and O–H groups in total. The Morgan fingerprint density at radius 1 is 1.12 bits per heavy atom. The predicted molar refractivity (Wildman–Crippen MR) is 95.7 cm³/mol. The van der Waals surface area contributed by atoms with Crippen LogP contribution in [0, 0.1) is 11.8 Å². The highest BCUT2D eigenvalue weighted by Gasteiger charge is 2.51. The van der Waals surface area contributed by atoms with Crippen LogP contribution in [0.5, 0.6) is 0 Å². The first-order valence-corrected chi connectivity index (χ1v) is 9.84. The number of ether oxygens (including phenoxy) is 1. The maximum atomic E-state index is 13.2. The van der Waals surface area contributed by atoms with Gasteiger partial charge in [0.25, 0.3) is 0 Å². The Labute approximate surface area is 166 Å². The second-order valence-corrected chi connectivity index (χ2v) is 8.64. The van der Waals surface area contributed by atoms with Crippen molar-refractivity contribution in [2.45, 2.75) is 50.2 Å². The minimum atomic E-state index is -1.50. The molecular weight excluding hydrogens is 394 g/mol. The molecule has 3 heterocycles.